The van der Waals surface area contributed by atoms with Gasteiger partial charge in [0.1, 0.15) is 24.1 Å². The quantitative estimate of drug-likeness (QED) is 0.783. The Hall–Kier alpha value is -1.98. The molecule has 5 nitrogen and oxygen atoms in total. The fourth-order valence-corrected chi connectivity index (χ4v) is 3.94. The van der Waals surface area contributed by atoms with Crippen LogP contribution in [0.15, 0.2) is 6.07 Å². The minimum atomic E-state index is -0.892. The van der Waals surface area contributed by atoms with Crippen molar-refractivity contribution in [1.82, 2.24) is 4.90 Å². The highest BCUT2D eigenvalue weighted by Gasteiger charge is 2.29. The van der Waals surface area contributed by atoms with Crippen LogP contribution in [0.1, 0.15) is 44.4 Å². The van der Waals surface area contributed by atoms with Gasteiger partial charge in [0.2, 0.25) is 0 Å². The maximum absolute atomic E-state index is 13.7. The smallest absolute Gasteiger partial charge is 0.410 e. The van der Waals surface area contributed by atoms with Crippen molar-refractivity contribution in [2.75, 3.05) is 37.7 Å². The van der Waals surface area contributed by atoms with E-state index < -0.39 is 11.8 Å². The summed E-state index contributed by atoms with van der Waals surface area (Å²) in [7, 11) is 0. The minimum Gasteiger partial charge on any atom is -0.490 e. The van der Waals surface area contributed by atoms with Gasteiger partial charge >= 0.3 is 6.09 Å². The first-order valence-corrected chi connectivity index (χ1v) is 9.81. The molecule has 0 N–H and O–H groups in total. The van der Waals surface area contributed by atoms with Gasteiger partial charge in [-0.3, -0.25) is 0 Å². The molecule has 0 bridgehead atoms. The Bertz CT molecular complexity index is 712. The fraction of sp³-hybridized carbons (Fsp3) is 0.667. The van der Waals surface area contributed by atoms with Gasteiger partial charge in [0, 0.05) is 19.6 Å². The summed E-state index contributed by atoms with van der Waals surface area (Å²) >= 11 is 0. The molecule has 2 heterocycles. The number of carbonyl (C=O) groups is 1. The molecule has 0 radical (unpaired) electrons. The minimum absolute atomic E-state index is 0.262. The fourth-order valence-electron chi connectivity index (χ4n) is 3.94. The molecule has 1 amide bonds. The summed E-state index contributed by atoms with van der Waals surface area (Å²) in [5.74, 6) is 0.837. The van der Waals surface area contributed by atoms with Gasteiger partial charge in [-0.2, -0.15) is 0 Å². The molecular formula is C21H31FN2O3. The van der Waals surface area contributed by atoms with Crippen molar-refractivity contribution in [1.29, 1.82) is 0 Å². The lowest BCUT2D eigenvalue weighted by atomic mass is 9.94. The molecule has 1 aromatic rings. The molecule has 3 rings (SSSR count). The van der Waals surface area contributed by atoms with Crippen LogP contribution in [-0.2, 0) is 17.6 Å². The third-order valence-electron chi connectivity index (χ3n) is 5.08. The van der Waals surface area contributed by atoms with Crippen LogP contribution in [-0.4, -0.2) is 55.6 Å². The van der Waals surface area contributed by atoms with Crippen LogP contribution in [0.2, 0.25) is 0 Å². The van der Waals surface area contributed by atoms with Crippen LogP contribution < -0.4 is 9.64 Å². The Labute approximate surface area is 161 Å². The molecule has 2 aliphatic heterocycles. The maximum atomic E-state index is 13.7. The molecular weight excluding hydrogens is 347 g/mol. The number of amides is 1. The second kappa shape index (κ2) is 7.56. The maximum Gasteiger partial charge on any atom is 0.410 e. The molecule has 27 heavy (non-hydrogen) atoms. The third-order valence-corrected chi connectivity index (χ3v) is 5.08. The molecule has 0 aliphatic carbocycles. The number of hydrogen-bond donors (Lipinski definition) is 0. The molecule has 0 unspecified atom stereocenters. The molecule has 0 saturated carbocycles. The largest absolute Gasteiger partial charge is 0.490 e. The number of halogens is 1. The molecule has 0 spiro atoms. The highest BCUT2D eigenvalue weighted by molar-refractivity contribution is 5.71. The normalized spacial score (nSPS) is 18.1. The van der Waals surface area contributed by atoms with E-state index in [0.29, 0.717) is 32.8 Å². The Morgan fingerprint density at radius 1 is 1.30 bits per heavy atom. The SMILES string of the molecule is Cc1c2c(cc3c1N(C[C@@H](C)F)CCO3)CCN(C(=O)OC(C)(C)C)CC2. The molecule has 1 aromatic carbocycles. The van der Waals surface area contributed by atoms with E-state index in [2.05, 4.69) is 17.9 Å². The Morgan fingerprint density at radius 3 is 2.67 bits per heavy atom. The number of alkyl halides is 1. The van der Waals surface area contributed by atoms with Gasteiger partial charge < -0.3 is 19.3 Å². The van der Waals surface area contributed by atoms with Crippen LogP contribution in [0.25, 0.3) is 0 Å². The van der Waals surface area contributed by atoms with Gasteiger partial charge in [0.15, 0.2) is 0 Å². The monoisotopic (exact) mass is 378 g/mol. The number of nitrogens with zero attached hydrogens (tertiary/aromatic N) is 2. The van der Waals surface area contributed by atoms with Gasteiger partial charge in [-0.25, -0.2) is 9.18 Å². The van der Waals surface area contributed by atoms with E-state index in [1.165, 1.54) is 11.1 Å². The number of ether oxygens (including phenoxy) is 2. The zero-order valence-electron chi connectivity index (χ0n) is 17.1. The lowest BCUT2D eigenvalue weighted by Crippen LogP contribution is -2.38. The van der Waals surface area contributed by atoms with Crippen molar-refractivity contribution in [2.24, 2.45) is 0 Å². The lowest BCUT2D eigenvalue weighted by molar-refractivity contribution is 0.0258. The number of carbonyl (C=O) groups excluding carboxylic acids is 1. The molecule has 0 aromatic heterocycles. The number of rotatable bonds is 2. The van der Waals surface area contributed by atoms with E-state index in [1.54, 1.807) is 11.8 Å². The predicted molar refractivity (Wildman–Crippen MR) is 105 cm³/mol. The van der Waals surface area contributed by atoms with E-state index in [0.717, 1.165) is 29.8 Å². The molecule has 6 heteroatoms. The molecule has 0 fully saturated rings. The predicted octanol–water partition coefficient (Wildman–Crippen LogP) is 3.89. The van der Waals surface area contributed by atoms with Gasteiger partial charge in [0.25, 0.3) is 0 Å². The van der Waals surface area contributed by atoms with E-state index in [4.69, 9.17) is 9.47 Å². The van der Waals surface area contributed by atoms with Gasteiger partial charge in [-0.1, -0.05) is 0 Å². The van der Waals surface area contributed by atoms with Crippen molar-refractivity contribution in [3.8, 4) is 5.75 Å². The van der Waals surface area contributed by atoms with E-state index >= 15 is 0 Å². The van der Waals surface area contributed by atoms with Crippen molar-refractivity contribution < 1.29 is 18.7 Å². The van der Waals surface area contributed by atoms with Crippen LogP contribution in [0, 0.1) is 6.92 Å². The van der Waals surface area contributed by atoms with Gasteiger partial charge in [-0.15, -0.1) is 0 Å². The number of benzene rings is 1. The second-order valence-corrected chi connectivity index (χ2v) is 8.53. The molecule has 150 valence electrons. The topological polar surface area (TPSA) is 42.0 Å². The first-order valence-electron chi connectivity index (χ1n) is 9.81. The van der Waals surface area contributed by atoms with Crippen molar-refractivity contribution in [3.05, 3.63) is 22.8 Å². The van der Waals surface area contributed by atoms with Crippen molar-refractivity contribution in [3.63, 3.8) is 0 Å². The standard InChI is InChI=1S/C21H31FN2O3/c1-14(22)13-24-10-11-26-18-12-16-6-8-23(20(25)27-21(3,4)5)9-7-17(16)15(2)19(18)24/h12,14H,6-11,13H2,1-5H3/t14-/m1/s1. The van der Waals surface area contributed by atoms with Crippen LogP contribution in [0.5, 0.6) is 5.75 Å². The summed E-state index contributed by atoms with van der Waals surface area (Å²) in [5, 5.41) is 0. The van der Waals surface area contributed by atoms with E-state index in [1.807, 2.05) is 20.8 Å². The average Bonchev–Trinajstić information content (AvgIpc) is 2.76. The Kier molecular flexibility index (Phi) is 5.54. The summed E-state index contributed by atoms with van der Waals surface area (Å²) in [6.07, 6.45) is 0.386. The summed E-state index contributed by atoms with van der Waals surface area (Å²) in [4.78, 5) is 16.3. The summed E-state index contributed by atoms with van der Waals surface area (Å²) in [5.41, 5.74) is 4.13. The lowest BCUT2D eigenvalue weighted by Gasteiger charge is -2.34. The number of hydrogen-bond acceptors (Lipinski definition) is 4. The first-order chi connectivity index (χ1) is 12.7. The summed E-state index contributed by atoms with van der Waals surface area (Å²) in [6, 6.07) is 2.09. The Balaban J connectivity index is 1.85. The van der Waals surface area contributed by atoms with E-state index in [-0.39, 0.29) is 6.09 Å². The first kappa shape index (κ1) is 19.8. The van der Waals surface area contributed by atoms with Gasteiger partial charge in [-0.05, 0) is 70.2 Å². The van der Waals surface area contributed by atoms with Crippen LogP contribution in [0.4, 0.5) is 14.9 Å². The highest BCUT2D eigenvalue weighted by Crippen LogP contribution is 2.40. The zero-order chi connectivity index (χ0) is 19.8. The van der Waals surface area contributed by atoms with Gasteiger partial charge in [0.05, 0.1) is 12.2 Å². The summed E-state index contributed by atoms with van der Waals surface area (Å²) in [6.45, 7) is 12.2. The molecule has 0 saturated heterocycles. The zero-order valence-corrected chi connectivity index (χ0v) is 17.1. The average molecular weight is 378 g/mol. The van der Waals surface area contributed by atoms with Crippen LogP contribution >= 0.6 is 0 Å². The van der Waals surface area contributed by atoms with Crippen LogP contribution in [0.3, 0.4) is 0 Å². The van der Waals surface area contributed by atoms with E-state index in [9.17, 15) is 9.18 Å². The second-order valence-electron chi connectivity index (χ2n) is 8.53. The molecule has 2 aliphatic rings. The third kappa shape index (κ3) is 4.47. The van der Waals surface area contributed by atoms with Crippen molar-refractivity contribution in [2.45, 2.75) is 59.2 Å². The van der Waals surface area contributed by atoms with Crippen molar-refractivity contribution >= 4 is 11.8 Å². The molecule has 1 atom stereocenters. The Morgan fingerprint density at radius 2 is 2.00 bits per heavy atom. The summed E-state index contributed by atoms with van der Waals surface area (Å²) < 4.78 is 25.1. The number of fused-ring (bicyclic) bond motifs is 2. The number of anilines is 1. The highest BCUT2D eigenvalue weighted by atomic mass is 19.1.